The summed E-state index contributed by atoms with van der Waals surface area (Å²) in [5.74, 6) is 0. The molecule has 7 heteroatoms. The molecule has 2 heterocycles. The number of amides is 1. The van der Waals surface area contributed by atoms with E-state index in [9.17, 15) is 4.79 Å². The van der Waals surface area contributed by atoms with Gasteiger partial charge in [0.05, 0.1) is 23.6 Å². The molecule has 0 unspecified atom stereocenters. The van der Waals surface area contributed by atoms with Gasteiger partial charge >= 0.3 is 6.09 Å². The molecule has 136 valence electrons. The van der Waals surface area contributed by atoms with Crippen LogP contribution in [0.5, 0.6) is 0 Å². The topological polar surface area (TPSA) is 68.5 Å². The van der Waals surface area contributed by atoms with E-state index in [1.165, 1.54) is 0 Å². The molecule has 6 nitrogen and oxygen atoms in total. The van der Waals surface area contributed by atoms with Gasteiger partial charge in [-0.3, -0.25) is 0 Å². The van der Waals surface area contributed by atoms with Gasteiger partial charge in [-0.25, -0.2) is 14.3 Å². The average Bonchev–Trinajstić information content (AvgIpc) is 2.99. The second kappa shape index (κ2) is 6.96. The highest BCUT2D eigenvalue weighted by Gasteiger charge is 2.16. The first-order valence-corrected chi connectivity index (χ1v) is 8.67. The summed E-state index contributed by atoms with van der Waals surface area (Å²) in [6.45, 7) is 7.89. The molecule has 0 aliphatic rings. The van der Waals surface area contributed by atoms with Crippen LogP contribution < -0.4 is 5.32 Å². The van der Waals surface area contributed by atoms with Crippen LogP contribution in [0.15, 0.2) is 36.7 Å². The van der Waals surface area contributed by atoms with Crippen molar-refractivity contribution < 1.29 is 9.53 Å². The minimum Gasteiger partial charge on any atom is -0.444 e. The Morgan fingerprint density at radius 1 is 1.31 bits per heavy atom. The zero-order chi connectivity index (χ0) is 18.9. The van der Waals surface area contributed by atoms with E-state index in [4.69, 9.17) is 16.3 Å². The summed E-state index contributed by atoms with van der Waals surface area (Å²) < 4.78 is 6.97. The molecule has 0 atom stereocenters. The summed E-state index contributed by atoms with van der Waals surface area (Å²) in [6, 6.07) is 7.85. The Morgan fingerprint density at radius 3 is 2.77 bits per heavy atom. The summed E-state index contributed by atoms with van der Waals surface area (Å²) in [5, 5.41) is 7.37. The Bertz CT molecular complexity index is 960. The van der Waals surface area contributed by atoms with Crippen molar-refractivity contribution in [1.82, 2.24) is 19.9 Å². The monoisotopic (exact) mass is 372 g/mol. The molecule has 3 rings (SSSR count). The molecular weight excluding hydrogens is 352 g/mol. The van der Waals surface area contributed by atoms with Crippen molar-refractivity contribution in [3.63, 3.8) is 0 Å². The molecule has 0 aliphatic carbocycles. The smallest absolute Gasteiger partial charge is 0.407 e. The van der Waals surface area contributed by atoms with Crippen LogP contribution in [0.2, 0.25) is 5.15 Å². The number of benzene rings is 1. The number of hydrogen-bond acceptors (Lipinski definition) is 4. The second-order valence-electron chi connectivity index (χ2n) is 7.07. The first kappa shape index (κ1) is 18.2. The third kappa shape index (κ3) is 4.14. The number of ether oxygens (including phenoxy) is 1. The van der Waals surface area contributed by atoms with Crippen LogP contribution in [0, 0.1) is 6.92 Å². The van der Waals surface area contributed by atoms with Crippen molar-refractivity contribution in [3.05, 3.63) is 52.9 Å². The molecule has 2 aromatic heterocycles. The van der Waals surface area contributed by atoms with Crippen LogP contribution in [0.4, 0.5) is 4.79 Å². The average molecular weight is 373 g/mol. The number of hydrogen-bond donors (Lipinski definition) is 1. The summed E-state index contributed by atoms with van der Waals surface area (Å²) >= 11 is 6.11. The van der Waals surface area contributed by atoms with Crippen molar-refractivity contribution in [2.45, 2.75) is 39.8 Å². The maximum atomic E-state index is 11.8. The van der Waals surface area contributed by atoms with E-state index >= 15 is 0 Å². The SMILES string of the molecule is Cc1cc(-c2nc(Cl)cn3nccc23)ccc1CNC(=O)OC(C)(C)C. The Balaban J connectivity index is 1.81. The molecule has 1 amide bonds. The number of aromatic nitrogens is 3. The van der Waals surface area contributed by atoms with E-state index in [-0.39, 0.29) is 0 Å². The van der Waals surface area contributed by atoms with E-state index < -0.39 is 11.7 Å². The molecule has 26 heavy (non-hydrogen) atoms. The Kier molecular flexibility index (Phi) is 4.87. The number of aryl methyl sites for hydroxylation is 1. The number of nitrogens with zero attached hydrogens (tertiary/aromatic N) is 3. The standard InChI is InChI=1S/C19H21ClN4O2/c1-12-9-13(17-15-7-8-22-24(15)11-16(20)23-17)5-6-14(12)10-21-18(25)26-19(2,3)4/h5-9,11H,10H2,1-4H3,(H,21,25). The van der Waals surface area contributed by atoms with Crippen LogP contribution in [0.25, 0.3) is 16.8 Å². The van der Waals surface area contributed by atoms with E-state index in [1.807, 2.05) is 52.0 Å². The fraction of sp³-hybridized carbons (Fsp3) is 0.316. The third-order valence-electron chi connectivity index (χ3n) is 3.80. The number of rotatable bonds is 3. The van der Waals surface area contributed by atoms with Crippen molar-refractivity contribution in [2.24, 2.45) is 0 Å². The number of fused-ring (bicyclic) bond motifs is 1. The van der Waals surface area contributed by atoms with Crippen molar-refractivity contribution in [3.8, 4) is 11.3 Å². The van der Waals surface area contributed by atoms with Crippen LogP contribution in [-0.2, 0) is 11.3 Å². The molecule has 1 N–H and O–H groups in total. The highest BCUT2D eigenvalue weighted by atomic mass is 35.5. The van der Waals surface area contributed by atoms with E-state index in [0.29, 0.717) is 11.7 Å². The van der Waals surface area contributed by atoms with Crippen LogP contribution in [0.1, 0.15) is 31.9 Å². The van der Waals surface area contributed by atoms with Gasteiger partial charge in [0.1, 0.15) is 10.8 Å². The Labute approximate surface area is 157 Å². The lowest BCUT2D eigenvalue weighted by atomic mass is 10.0. The molecule has 0 spiro atoms. The predicted molar refractivity (Wildman–Crippen MR) is 101 cm³/mol. The van der Waals surface area contributed by atoms with Gasteiger partial charge in [0.2, 0.25) is 0 Å². The summed E-state index contributed by atoms with van der Waals surface area (Å²) in [5.41, 5.74) is 4.12. The molecule has 1 aromatic carbocycles. The summed E-state index contributed by atoms with van der Waals surface area (Å²) in [6.07, 6.45) is 2.95. The lowest BCUT2D eigenvalue weighted by Crippen LogP contribution is -2.32. The molecule has 0 saturated heterocycles. The van der Waals surface area contributed by atoms with Crippen LogP contribution in [-0.4, -0.2) is 26.3 Å². The zero-order valence-corrected chi connectivity index (χ0v) is 16.0. The van der Waals surface area contributed by atoms with E-state index in [0.717, 1.165) is 27.9 Å². The van der Waals surface area contributed by atoms with Crippen LogP contribution >= 0.6 is 11.6 Å². The van der Waals surface area contributed by atoms with Crippen molar-refractivity contribution in [2.75, 3.05) is 0 Å². The molecule has 0 aliphatic heterocycles. The number of alkyl carbamates (subject to hydrolysis) is 1. The maximum absolute atomic E-state index is 11.8. The third-order valence-corrected chi connectivity index (χ3v) is 3.98. The molecule has 0 fully saturated rings. The number of nitrogens with one attached hydrogen (secondary N) is 1. The fourth-order valence-electron chi connectivity index (χ4n) is 2.63. The zero-order valence-electron chi connectivity index (χ0n) is 15.2. The second-order valence-corrected chi connectivity index (χ2v) is 7.46. The van der Waals surface area contributed by atoms with Crippen molar-refractivity contribution >= 4 is 23.2 Å². The van der Waals surface area contributed by atoms with Gasteiger partial charge in [-0.05, 0) is 51.0 Å². The highest BCUT2D eigenvalue weighted by Crippen LogP contribution is 2.26. The lowest BCUT2D eigenvalue weighted by molar-refractivity contribution is 0.0523. The number of halogens is 1. The van der Waals surface area contributed by atoms with Gasteiger partial charge in [-0.1, -0.05) is 23.7 Å². The normalized spacial score (nSPS) is 11.6. The quantitative estimate of drug-likeness (QED) is 0.740. The molecular formula is C19H21ClN4O2. The van der Waals surface area contributed by atoms with Crippen LogP contribution in [0.3, 0.4) is 0 Å². The molecule has 3 aromatic rings. The number of carbonyl (C=O) groups excluding carboxylic acids is 1. The Hall–Kier alpha value is -2.60. The van der Waals surface area contributed by atoms with E-state index in [1.54, 1.807) is 16.9 Å². The van der Waals surface area contributed by atoms with Gasteiger partial charge in [-0.15, -0.1) is 0 Å². The van der Waals surface area contributed by atoms with Gasteiger partial charge in [0, 0.05) is 12.1 Å². The maximum Gasteiger partial charge on any atom is 0.407 e. The molecule has 0 bridgehead atoms. The largest absolute Gasteiger partial charge is 0.444 e. The fourth-order valence-corrected chi connectivity index (χ4v) is 2.81. The van der Waals surface area contributed by atoms with Gasteiger partial charge in [-0.2, -0.15) is 5.10 Å². The first-order valence-electron chi connectivity index (χ1n) is 8.29. The minimum atomic E-state index is -0.516. The van der Waals surface area contributed by atoms with Gasteiger partial charge in [0.25, 0.3) is 0 Å². The molecule has 0 saturated carbocycles. The number of carbonyl (C=O) groups is 1. The lowest BCUT2D eigenvalue weighted by Gasteiger charge is -2.20. The Morgan fingerprint density at radius 2 is 2.08 bits per heavy atom. The van der Waals surface area contributed by atoms with Crippen molar-refractivity contribution in [1.29, 1.82) is 0 Å². The van der Waals surface area contributed by atoms with Gasteiger partial charge < -0.3 is 10.1 Å². The van der Waals surface area contributed by atoms with E-state index in [2.05, 4.69) is 15.4 Å². The highest BCUT2D eigenvalue weighted by molar-refractivity contribution is 6.29. The minimum absolute atomic E-state index is 0.379. The summed E-state index contributed by atoms with van der Waals surface area (Å²) in [7, 11) is 0. The first-order chi connectivity index (χ1) is 12.2. The summed E-state index contributed by atoms with van der Waals surface area (Å²) in [4.78, 5) is 16.3. The molecule has 0 radical (unpaired) electrons. The predicted octanol–water partition coefficient (Wildman–Crippen LogP) is 4.38. The van der Waals surface area contributed by atoms with Gasteiger partial charge in [0.15, 0.2) is 0 Å².